The molecule has 0 unspecified atom stereocenters. The summed E-state index contributed by atoms with van der Waals surface area (Å²) >= 11 is 3.36. The second-order valence-electron chi connectivity index (χ2n) is 4.80. The second kappa shape index (κ2) is 7.65. The van der Waals surface area contributed by atoms with Crippen molar-refractivity contribution >= 4 is 38.3 Å². The van der Waals surface area contributed by atoms with Crippen LogP contribution in [0.3, 0.4) is 0 Å². The van der Waals surface area contributed by atoms with E-state index in [0.717, 1.165) is 10.0 Å². The van der Waals surface area contributed by atoms with Gasteiger partial charge in [-0.3, -0.25) is 9.00 Å². The summed E-state index contributed by atoms with van der Waals surface area (Å²) in [6.07, 6.45) is 0. The molecule has 6 heteroatoms. The number of amides is 1. The Kier molecular flexibility index (Phi) is 5.85. The highest BCUT2D eigenvalue weighted by Gasteiger charge is 2.20. The lowest BCUT2D eigenvalue weighted by Crippen LogP contribution is -2.29. The largest absolute Gasteiger partial charge is 0.325 e. The zero-order valence-electron chi connectivity index (χ0n) is 11.9. The average Bonchev–Trinajstić information content (AvgIpc) is 2.46. The predicted octanol–water partition coefficient (Wildman–Crippen LogP) is 3.86. The Hall–Kier alpha value is -1.53. The maximum atomic E-state index is 13.1. The van der Waals surface area contributed by atoms with Crippen molar-refractivity contribution in [2.75, 3.05) is 5.32 Å². The van der Waals surface area contributed by atoms with Crippen LogP contribution in [0.25, 0.3) is 0 Å². The summed E-state index contributed by atoms with van der Waals surface area (Å²) in [5, 5.41) is 1.89. The Balaban J connectivity index is 1.99. The van der Waals surface area contributed by atoms with Gasteiger partial charge in [-0.15, -0.1) is 0 Å². The third-order valence-electron chi connectivity index (χ3n) is 3.05. The molecule has 0 saturated carbocycles. The number of hydrogen-bond acceptors (Lipinski definition) is 2. The molecule has 0 saturated heterocycles. The molecule has 1 amide bonds. The van der Waals surface area contributed by atoms with Gasteiger partial charge in [-0.05, 0) is 42.8 Å². The van der Waals surface area contributed by atoms with Crippen LogP contribution in [0.15, 0.2) is 53.0 Å². The zero-order chi connectivity index (χ0) is 16.1. The number of carbonyl (C=O) groups is 1. The molecule has 2 atom stereocenters. The number of nitrogens with one attached hydrogen (secondary N) is 1. The van der Waals surface area contributed by atoms with Crippen molar-refractivity contribution in [2.45, 2.75) is 17.9 Å². The van der Waals surface area contributed by atoms with Gasteiger partial charge in [0.15, 0.2) is 0 Å². The first kappa shape index (κ1) is 16.8. The lowest BCUT2D eigenvalue weighted by Gasteiger charge is -2.12. The lowest BCUT2D eigenvalue weighted by atomic mass is 10.2. The fourth-order valence-corrected chi connectivity index (χ4v) is 3.35. The highest BCUT2D eigenvalue weighted by atomic mass is 79.9. The fraction of sp³-hybridized carbons (Fsp3) is 0.188. The van der Waals surface area contributed by atoms with Crippen LogP contribution in [0.4, 0.5) is 10.1 Å². The van der Waals surface area contributed by atoms with Crippen molar-refractivity contribution in [3.05, 3.63) is 64.4 Å². The van der Waals surface area contributed by atoms with E-state index in [1.165, 1.54) is 18.2 Å². The number of hydrogen-bond donors (Lipinski definition) is 1. The van der Waals surface area contributed by atoms with Gasteiger partial charge in [0.2, 0.25) is 5.91 Å². The van der Waals surface area contributed by atoms with Gasteiger partial charge in [0.1, 0.15) is 11.1 Å². The summed E-state index contributed by atoms with van der Waals surface area (Å²) < 4.78 is 26.3. The molecule has 0 fully saturated rings. The van der Waals surface area contributed by atoms with E-state index in [9.17, 15) is 13.4 Å². The van der Waals surface area contributed by atoms with Crippen LogP contribution in [0.2, 0.25) is 0 Å². The first-order valence-electron chi connectivity index (χ1n) is 6.64. The van der Waals surface area contributed by atoms with Crippen molar-refractivity contribution in [3.8, 4) is 0 Å². The van der Waals surface area contributed by atoms with E-state index >= 15 is 0 Å². The zero-order valence-corrected chi connectivity index (χ0v) is 14.3. The summed E-state index contributed by atoms with van der Waals surface area (Å²) in [6.45, 7) is 1.60. The van der Waals surface area contributed by atoms with Gasteiger partial charge in [-0.1, -0.05) is 34.1 Å². The maximum absolute atomic E-state index is 13.1. The van der Waals surface area contributed by atoms with Crippen LogP contribution in [0.1, 0.15) is 12.5 Å². The molecule has 0 spiro atoms. The number of benzene rings is 2. The van der Waals surface area contributed by atoms with Crippen LogP contribution in [-0.4, -0.2) is 15.4 Å². The number of halogens is 2. The normalized spacial score (nSPS) is 13.4. The van der Waals surface area contributed by atoms with E-state index in [1.54, 1.807) is 13.0 Å². The molecule has 0 aliphatic rings. The summed E-state index contributed by atoms with van der Waals surface area (Å²) in [5.41, 5.74) is 1.24. The van der Waals surface area contributed by atoms with E-state index in [-0.39, 0.29) is 11.7 Å². The minimum atomic E-state index is -1.36. The van der Waals surface area contributed by atoms with Crippen LogP contribution in [-0.2, 0) is 21.3 Å². The van der Waals surface area contributed by atoms with E-state index in [0.29, 0.717) is 5.69 Å². The second-order valence-corrected chi connectivity index (χ2v) is 7.47. The van der Waals surface area contributed by atoms with Crippen LogP contribution in [0, 0.1) is 5.82 Å². The van der Waals surface area contributed by atoms with Gasteiger partial charge >= 0.3 is 0 Å². The van der Waals surface area contributed by atoms with Crippen molar-refractivity contribution in [2.24, 2.45) is 0 Å². The summed E-state index contributed by atoms with van der Waals surface area (Å²) in [6, 6.07) is 13.1. The monoisotopic (exact) mass is 383 g/mol. The molecule has 3 nitrogen and oxygen atoms in total. The third-order valence-corrected chi connectivity index (χ3v) is 5.17. The minimum Gasteiger partial charge on any atom is -0.325 e. The third kappa shape index (κ3) is 4.74. The van der Waals surface area contributed by atoms with Gasteiger partial charge in [0.05, 0.1) is 0 Å². The van der Waals surface area contributed by atoms with Crippen LogP contribution >= 0.6 is 15.9 Å². The van der Waals surface area contributed by atoms with Gasteiger partial charge in [0, 0.05) is 26.7 Å². The van der Waals surface area contributed by atoms with Crippen molar-refractivity contribution in [1.29, 1.82) is 0 Å². The van der Waals surface area contributed by atoms with Gasteiger partial charge in [0.25, 0.3) is 0 Å². The summed E-state index contributed by atoms with van der Waals surface area (Å²) in [7, 11) is -1.36. The molecular formula is C16H15BrFNO2S. The van der Waals surface area contributed by atoms with E-state index < -0.39 is 21.9 Å². The molecule has 0 aromatic heterocycles. The molecule has 22 heavy (non-hydrogen) atoms. The highest BCUT2D eigenvalue weighted by molar-refractivity contribution is 9.10. The fourth-order valence-electron chi connectivity index (χ4n) is 1.85. The van der Waals surface area contributed by atoms with Crippen LogP contribution < -0.4 is 5.32 Å². The summed E-state index contributed by atoms with van der Waals surface area (Å²) in [5.74, 6) is -0.531. The molecule has 2 aromatic carbocycles. The Morgan fingerprint density at radius 2 is 2.00 bits per heavy atom. The number of carbonyl (C=O) groups excluding carboxylic acids is 1. The Morgan fingerprint density at radius 1 is 1.27 bits per heavy atom. The van der Waals surface area contributed by atoms with Gasteiger partial charge in [-0.2, -0.15) is 0 Å². The highest BCUT2D eigenvalue weighted by Crippen LogP contribution is 2.15. The summed E-state index contributed by atoms with van der Waals surface area (Å²) in [4.78, 5) is 12.1. The van der Waals surface area contributed by atoms with Gasteiger partial charge < -0.3 is 5.32 Å². The molecule has 0 aliphatic carbocycles. The SMILES string of the molecule is C[C@@H](C(=O)Nc1cccc(F)c1)[S@](=O)Cc1cccc(Br)c1. The first-order chi connectivity index (χ1) is 10.5. The minimum absolute atomic E-state index is 0.289. The lowest BCUT2D eigenvalue weighted by molar-refractivity contribution is -0.115. The Labute approximate surface area is 139 Å². The smallest absolute Gasteiger partial charge is 0.239 e. The van der Waals surface area contributed by atoms with E-state index in [2.05, 4.69) is 21.2 Å². The molecule has 0 radical (unpaired) electrons. The van der Waals surface area contributed by atoms with Gasteiger partial charge in [-0.25, -0.2) is 4.39 Å². The first-order valence-corrected chi connectivity index (χ1v) is 8.81. The van der Waals surface area contributed by atoms with Crippen LogP contribution in [0.5, 0.6) is 0 Å². The standard InChI is InChI=1S/C16H15BrFNO2S/c1-11(16(20)19-15-7-3-6-14(18)9-15)22(21)10-12-4-2-5-13(17)8-12/h2-9,11H,10H2,1H3,(H,19,20)/t11-,22+/m0/s1. The van der Waals surface area contributed by atoms with Crippen molar-refractivity contribution in [1.82, 2.24) is 0 Å². The number of anilines is 1. The maximum Gasteiger partial charge on any atom is 0.239 e. The van der Waals surface area contributed by atoms with Crippen molar-refractivity contribution in [3.63, 3.8) is 0 Å². The number of rotatable bonds is 5. The average molecular weight is 384 g/mol. The molecule has 2 rings (SSSR count). The Morgan fingerprint density at radius 3 is 2.68 bits per heavy atom. The molecule has 0 aliphatic heterocycles. The topological polar surface area (TPSA) is 46.2 Å². The molecule has 1 N–H and O–H groups in total. The van der Waals surface area contributed by atoms with Crippen molar-refractivity contribution < 1.29 is 13.4 Å². The Bertz CT molecular complexity index is 649. The quantitative estimate of drug-likeness (QED) is 0.851. The molecule has 0 heterocycles. The predicted molar refractivity (Wildman–Crippen MR) is 90.5 cm³/mol. The van der Waals surface area contributed by atoms with E-state index in [4.69, 9.17) is 0 Å². The van der Waals surface area contributed by atoms with E-state index in [1.807, 2.05) is 24.3 Å². The molecular weight excluding hydrogens is 369 g/mol. The molecule has 2 aromatic rings. The molecule has 116 valence electrons. The molecule has 0 bridgehead atoms.